The number of rotatable bonds is 8. The molecule has 1 aromatic heterocycles. The van der Waals surface area contributed by atoms with E-state index in [4.69, 9.17) is 9.47 Å². The van der Waals surface area contributed by atoms with Crippen molar-refractivity contribution >= 4 is 28.9 Å². The second-order valence-electron chi connectivity index (χ2n) is 10.5. The maximum absolute atomic E-state index is 12.9. The van der Waals surface area contributed by atoms with E-state index in [1.165, 1.54) is 10.9 Å². The van der Waals surface area contributed by atoms with Crippen molar-refractivity contribution in [3.63, 3.8) is 0 Å². The molecule has 5 rings (SSSR count). The predicted octanol–water partition coefficient (Wildman–Crippen LogP) is 4.77. The summed E-state index contributed by atoms with van der Waals surface area (Å²) in [6.45, 7) is 2.67. The summed E-state index contributed by atoms with van der Waals surface area (Å²) in [7, 11) is 3.17. The van der Waals surface area contributed by atoms with Gasteiger partial charge in [-0.15, -0.1) is 0 Å². The van der Waals surface area contributed by atoms with Crippen molar-refractivity contribution in [2.75, 3.05) is 40.4 Å². The predicted molar refractivity (Wildman–Crippen MR) is 151 cm³/mol. The Labute approximate surface area is 229 Å². The van der Waals surface area contributed by atoms with Gasteiger partial charge in [0.05, 0.1) is 14.2 Å². The lowest BCUT2D eigenvalue weighted by Crippen LogP contribution is -2.52. The molecule has 8 heteroatoms. The first-order valence-corrected chi connectivity index (χ1v) is 13.7. The number of hydrogen-bond acceptors (Lipinski definition) is 5. The van der Waals surface area contributed by atoms with Gasteiger partial charge in [-0.2, -0.15) is 0 Å². The van der Waals surface area contributed by atoms with Crippen LogP contribution in [0.2, 0.25) is 0 Å². The first-order chi connectivity index (χ1) is 19.0. The summed E-state index contributed by atoms with van der Waals surface area (Å²) in [4.78, 5) is 32.6. The normalized spacial score (nSPS) is 18.5. The van der Waals surface area contributed by atoms with E-state index in [1.54, 1.807) is 26.4 Å². The number of aromatic amines is 1. The number of hydrogen-bond donors (Lipinski definition) is 2. The number of carboxylic acid groups (broad SMARTS) is 1. The zero-order chi connectivity index (χ0) is 27.4. The number of carbonyl (C=O) groups excluding carboxylic acids is 1. The van der Waals surface area contributed by atoms with Gasteiger partial charge in [0.1, 0.15) is 6.04 Å². The van der Waals surface area contributed by atoms with Crippen LogP contribution in [0.4, 0.5) is 0 Å². The number of carbonyl (C=O) groups is 2. The average Bonchev–Trinajstić information content (AvgIpc) is 3.40. The second kappa shape index (κ2) is 11.9. The Kier molecular flexibility index (Phi) is 8.21. The van der Waals surface area contributed by atoms with Crippen LogP contribution in [0.15, 0.2) is 54.7 Å². The van der Waals surface area contributed by atoms with E-state index in [-0.39, 0.29) is 11.8 Å². The minimum Gasteiger partial charge on any atom is -0.493 e. The number of benzene rings is 2. The van der Waals surface area contributed by atoms with Gasteiger partial charge in [0.25, 0.3) is 0 Å². The number of aliphatic carboxylic acids is 1. The molecule has 0 aliphatic carbocycles. The number of methoxy groups -OCH3 is 2. The van der Waals surface area contributed by atoms with Gasteiger partial charge in [-0.05, 0) is 86.0 Å². The molecule has 2 saturated heterocycles. The Hall–Kier alpha value is -3.78. The van der Waals surface area contributed by atoms with Crippen LogP contribution in [0.1, 0.15) is 42.7 Å². The average molecular weight is 532 g/mol. The molecule has 1 unspecified atom stereocenters. The third kappa shape index (κ3) is 5.81. The number of ether oxygens (including phenoxy) is 2. The van der Waals surface area contributed by atoms with Gasteiger partial charge < -0.3 is 24.5 Å². The maximum atomic E-state index is 12.9. The van der Waals surface area contributed by atoms with Gasteiger partial charge >= 0.3 is 5.97 Å². The lowest BCUT2D eigenvalue weighted by Gasteiger charge is -2.41. The molecule has 206 valence electrons. The van der Waals surface area contributed by atoms with Crippen molar-refractivity contribution < 1.29 is 24.2 Å². The Bertz CT molecular complexity index is 1330. The number of likely N-dealkylation sites (tertiary alicyclic amines) is 2. The van der Waals surface area contributed by atoms with Gasteiger partial charge in [-0.25, -0.2) is 0 Å². The first kappa shape index (κ1) is 26.8. The smallest absolute Gasteiger partial charge is 0.321 e. The minimum atomic E-state index is -0.751. The quantitative estimate of drug-likeness (QED) is 0.407. The summed E-state index contributed by atoms with van der Waals surface area (Å²) < 4.78 is 10.6. The third-order valence-electron chi connectivity index (χ3n) is 8.36. The highest BCUT2D eigenvalue weighted by molar-refractivity contribution is 5.92. The minimum absolute atomic E-state index is 0.0333. The molecule has 1 amide bonds. The molecule has 0 saturated carbocycles. The third-order valence-corrected chi connectivity index (χ3v) is 8.36. The summed E-state index contributed by atoms with van der Waals surface area (Å²) in [6, 6.07) is 13.4. The van der Waals surface area contributed by atoms with Crippen molar-refractivity contribution in [1.29, 1.82) is 0 Å². The van der Waals surface area contributed by atoms with Crippen molar-refractivity contribution in [3.8, 4) is 11.5 Å². The zero-order valence-corrected chi connectivity index (χ0v) is 22.6. The monoisotopic (exact) mass is 531 g/mol. The van der Waals surface area contributed by atoms with Gasteiger partial charge in [0.15, 0.2) is 11.5 Å². The van der Waals surface area contributed by atoms with Crippen molar-refractivity contribution in [1.82, 2.24) is 14.8 Å². The molecule has 0 bridgehead atoms. The van der Waals surface area contributed by atoms with E-state index in [1.807, 2.05) is 29.2 Å². The standard InChI is InChI=1S/C31H37N3O5/c1-38-27-9-7-21(19-28(27)39-2)8-10-29(35)33-15-13-23(14-16-33)30(31(36)37)34-17-11-22(12-18-34)25-20-32-26-6-4-3-5-24(25)26/h3-10,19-20,22-23,30,32H,11-18H2,1-2H3,(H,36,37)/b10-8+. The molecular weight excluding hydrogens is 494 g/mol. The van der Waals surface area contributed by atoms with Crippen LogP contribution in [-0.2, 0) is 9.59 Å². The molecule has 2 fully saturated rings. The van der Waals surface area contributed by atoms with Crippen LogP contribution < -0.4 is 9.47 Å². The maximum Gasteiger partial charge on any atom is 0.321 e. The van der Waals surface area contributed by atoms with Gasteiger partial charge in [0.2, 0.25) is 5.91 Å². The molecule has 2 N–H and O–H groups in total. The van der Waals surface area contributed by atoms with E-state index >= 15 is 0 Å². The fourth-order valence-corrected chi connectivity index (χ4v) is 6.24. The van der Waals surface area contributed by atoms with E-state index in [9.17, 15) is 14.7 Å². The number of amides is 1. The molecule has 2 aromatic carbocycles. The van der Waals surface area contributed by atoms with Crippen LogP contribution in [0.3, 0.4) is 0 Å². The second-order valence-corrected chi connectivity index (χ2v) is 10.5. The summed E-state index contributed by atoms with van der Waals surface area (Å²) in [5.41, 5.74) is 3.33. The number of nitrogens with zero attached hydrogens (tertiary/aromatic N) is 2. The molecule has 2 aliphatic heterocycles. The molecule has 3 aromatic rings. The van der Waals surface area contributed by atoms with Crippen molar-refractivity contribution in [2.24, 2.45) is 5.92 Å². The summed E-state index contributed by atoms with van der Waals surface area (Å²) >= 11 is 0. The molecule has 2 aliphatic rings. The Balaban J connectivity index is 1.16. The Morgan fingerprint density at radius 2 is 1.69 bits per heavy atom. The van der Waals surface area contributed by atoms with Crippen LogP contribution in [-0.4, -0.2) is 78.2 Å². The molecule has 0 radical (unpaired) electrons. The Morgan fingerprint density at radius 1 is 0.974 bits per heavy atom. The van der Waals surface area contributed by atoms with Crippen molar-refractivity contribution in [2.45, 2.75) is 37.6 Å². The Morgan fingerprint density at radius 3 is 2.38 bits per heavy atom. The van der Waals surface area contributed by atoms with Crippen LogP contribution in [0, 0.1) is 5.92 Å². The van der Waals surface area contributed by atoms with Crippen LogP contribution in [0.5, 0.6) is 11.5 Å². The highest BCUT2D eigenvalue weighted by Gasteiger charge is 2.38. The van der Waals surface area contributed by atoms with E-state index in [0.717, 1.165) is 37.0 Å². The fraction of sp³-hybridized carbons (Fsp3) is 0.419. The van der Waals surface area contributed by atoms with Crippen molar-refractivity contribution in [3.05, 3.63) is 65.9 Å². The number of nitrogens with one attached hydrogen (secondary N) is 1. The fourth-order valence-electron chi connectivity index (χ4n) is 6.24. The molecule has 0 spiro atoms. The topological polar surface area (TPSA) is 95.1 Å². The molecule has 8 nitrogen and oxygen atoms in total. The van der Waals surface area contributed by atoms with Crippen LogP contribution in [0.25, 0.3) is 17.0 Å². The number of para-hydroxylation sites is 1. The summed E-state index contributed by atoms with van der Waals surface area (Å²) in [5.74, 6) is 0.902. The zero-order valence-electron chi connectivity index (χ0n) is 22.6. The highest BCUT2D eigenvalue weighted by Crippen LogP contribution is 2.35. The summed E-state index contributed by atoms with van der Waals surface area (Å²) in [6.07, 6.45) is 8.74. The van der Waals surface area contributed by atoms with E-state index in [2.05, 4.69) is 34.3 Å². The first-order valence-electron chi connectivity index (χ1n) is 13.7. The largest absolute Gasteiger partial charge is 0.493 e. The number of H-pyrrole nitrogens is 1. The van der Waals surface area contributed by atoms with Gasteiger partial charge in [-0.1, -0.05) is 24.3 Å². The molecular formula is C31H37N3O5. The van der Waals surface area contributed by atoms with E-state index in [0.29, 0.717) is 43.3 Å². The molecule has 1 atom stereocenters. The highest BCUT2D eigenvalue weighted by atomic mass is 16.5. The van der Waals surface area contributed by atoms with Crippen LogP contribution >= 0.6 is 0 Å². The number of aromatic nitrogens is 1. The van der Waals surface area contributed by atoms with E-state index < -0.39 is 12.0 Å². The van der Waals surface area contributed by atoms with Gasteiger partial charge in [-0.3, -0.25) is 14.5 Å². The lowest BCUT2D eigenvalue weighted by molar-refractivity contribution is -0.147. The molecule has 39 heavy (non-hydrogen) atoms. The summed E-state index contributed by atoms with van der Waals surface area (Å²) in [5, 5.41) is 11.4. The number of fused-ring (bicyclic) bond motifs is 1. The van der Waals surface area contributed by atoms with Gasteiger partial charge in [0, 0.05) is 36.3 Å². The SMILES string of the molecule is COc1ccc(/C=C/C(=O)N2CCC(C(C(=O)O)N3CCC(c4c[nH]c5ccccc45)CC3)CC2)cc1OC. The number of carboxylic acids is 1. The number of piperidine rings is 2. The lowest BCUT2D eigenvalue weighted by atomic mass is 9.84. The molecule has 3 heterocycles.